The highest BCUT2D eigenvalue weighted by Crippen LogP contribution is 2.17. The summed E-state index contributed by atoms with van der Waals surface area (Å²) in [7, 11) is 0. The molecular weight excluding hydrogens is 406 g/mol. The summed E-state index contributed by atoms with van der Waals surface area (Å²) in [4.78, 5) is 27.2. The standard InChI is InChI=1S/C24H25N5O3/c1-2-15-32-20-10-6-9-19(16-20)24(31)28-12-11-21-26-27-22(29(21)14-13-28)17-25-23(30)18-7-4-3-5-8-18/h2-10,16H,1,11-15,17H2,(H,25,30). The zero-order valence-corrected chi connectivity index (χ0v) is 17.7. The molecule has 0 aliphatic carbocycles. The molecule has 32 heavy (non-hydrogen) atoms. The van der Waals surface area contributed by atoms with Crippen molar-refractivity contribution in [3.63, 3.8) is 0 Å². The lowest BCUT2D eigenvalue weighted by Gasteiger charge is -2.20. The smallest absolute Gasteiger partial charge is 0.254 e. The highest BCUT2D eigenvalue weighted by molar-refractivity contribution is 5.95. The molecular formula is C24H25N5O3. The number of ether oxygens (including phenoxy) is 1. The monoisotopic (exact) mass is 431 g/mol. The fourth-order valence-corrected chi connectivity index (χ4v) is 3.62. The molecule has 1 aliphatic heterocycles. The second-order valence-electron chi connectivity index (χ2n) is 7.40. The first-order chi connectivity index (χ1) is 15.7. The maximum atomic E-state index is 13.1. The van der Waals surface area contributed by atoms with Crippen LogP contribution in [-0.2, 0) is 19.5 Å². The van der Waals surface area contributed by atoms with Gasteiger partial charge in [-0.25, -0.2) is 0 Å². The molecule has 8 heteroatoms. The Hall–Kier alpha value is -3.94. The fraction of sp³-hybridized carbons (Fsp3) is 0.250. The van der Waals surface area contributed by atoms with E-state index in [0.29, 0.717) is 55.4 Å². The van der Waals surface area contributed by atoms with Crippen molar-refractivity contribution in [3.8, 4) is 5.75 Å². The number of rotatable bonds is 7. The van der Waals surface area contributed by atoms with Crippen molar-refractivity contribution in [2.75, 3.05) is 19.7 Å². The lowest BCUT2D eigenvalue weighted by atomic mass is 10.2. The van der Waals surface area contributed by atoms with Crippen LogP contribution in [0.3, 0.4) is 0 Å². The Balaban J connectivity index is 1.39. The number of nitrogens with one attached hydrogen (secondary N) is 1. The van der Waals surface area contributed by atoms with Crippen molar-refractivity contribution in [2.24, 2.45) is 0 Å². The molecule has 4 rings (SSSR count). The van der Waals surface area contributed by atoms with Crippen molar-refractivity contribution in [1.29, 1.82) is 0 Å². The number of nitrogens with zero attached hydrogens (tertiary/aromatic N) is 4. The summed E-state index contributed by atoms with van der Waals surface area (Å²) in [5.74, 6) is 1.92. The second-order valence-corrected chi connectivity index (χ2v) is 7.40. The Kier molecular flexibility index (Phi) is 6.60. The van der Waals surface area contributed by atoms with Crippen molar-refractivity contribution < 1.29 is 14.3 Å². The van der Waals surface area contributed by atoms with Crippen LogP contribution in [0.15, 0.2) is 67.3 Å². The van der Waals surface area contributed by atoms with Gasteiger partial charge in [-0.2, -0.15) is 0 Å². The van der Waals surface area contributed by atoms with Crippen LogP contribution in [0.4, 0.5) is 0 Å². The first-order valence-electron chi connectivity index (χ1n) is 10.5. The molecule has 8 nitrogen and oxygen atoms in total. The van der Waals surface area contributed by atoms with Crippen LogP contribution < -0.4 is 10.1 Å². The van der Waals surface area contributed by atoms with Gasteiger partial charge in [0.2, 0.25) is 0 Å². The van der Waals surface area contributed by atoms with E-state index in [0.717, 1.165) is 5.82 Å². The number of carbonyl (C=O) groups excluding carboxylic acids is 2. The van der Waals surface area contributed by atoms with Gasteiger partial charge in [0.1, 0.15) is 18.2 Å². The van der Waals surface area contributed by atoms with Gasteiger partial charge in [0, 0.05) is 37.2 Å². The highest BCUT2D eigenvalue weighted by atomic mass is 16.5. The minimum Gasteiger partial charge on any atom is -0.490 e. The summed E-state index contributed by atoms with van der Waals surface area (Å²) in [5.41, 5.74) is 1.18. The summed E-state index contributed by atoms with van der Waals surface area (Å²) in [6.07, 6.45) is 2.26. The van der Waals surface area contributed by atoms with Gasteiger partial charge in [0.05, 0.1) is 6.54 Å². The fourth-order valence-electron chi connectivity index (χ4n) is 3.62. The summed E-state index contributed by atoms with van der Waals surface area (Å²) in [6.45, 7) is 5.95. The molecule has 0 unspecified atom stereocenters. The van der Waals surface area contributed by atoms with Gasteiger partial charge in [-0.1, -0.05) is 36.9 Å². The highest BCUT2D eigenvalue weighted by Gasteiger charge is 2.23. The van der Waals surface area contributed by atoms with Crippen molar-refractivity contribution in [2.45, 2.75) is 19.5 Å². The number of carbonyl (C=O) groups is 2. The van der Waals surface area contributed by atoms with Crippen LogP contribution in [0.25, 0.3) is 0 Å². The lowest BCUT2D eigenvalue weighted by Crippen LogP contribution is -2.34. The number of hydrogen-bond acceptors (Lipinski definition) is 5. The first-order valence-corrected chi connectivity index (χ1v) is 10.5. The van der Waals surface area contributed by atoms with E-state index in [4.69, 9.17) is 4.74 Å². The van der Waals surface area contributed by atoms with Crippen molar-refractivity contribution in [3.05, 3.63) is 90.0 Å². The molecule has 2 heterocycles. The molecule has 1 N–H and O–H groups in total. The third kappa shape index (κ3) is 4.85. The molecule has 3 aromatic rings. The predicted molar refractivity (Wildman–Crippen MR) is 119 cm³/mol. The number of fused-ring (bicyclic) bond motifs is 1. The SMILES string of the molecule is C=CCOc1cccc(C(=O)N2CCc3nnc(CNC(=O)c4ccccc4)n3CC2)c1. The van der Waals surface area contributed by atoms with Crippen LogP contribution in [0.5, 0.6) is 5.75 Å². The van der Waals surface area contributed by atoms with Crippen LogP contribution in [-0.4, -0.2) is 51.2 Å². The summed E-state index contributed by atoms with van der Waals surface area (Å²) < 4.78 is 7.53. The molecule has 2 aromatic carbocycles. The van der Waals surface area contributed by atoms with E-state index >= 15 is 0 Å². The molecule has 0 saturated heterocycles. The lowest BCUT2D eigenvalue weighted by molar-refractivity contribution is 0.0758. The number of benzene rings is 2. The Morgan fingerprint density at radius 2 is 1.84 bits per heavy atom. The van der Waals surface area contributed by atoms with Crippen molar-refractivity contribution >= 4 is 11.8 Å². The molecule has 2 amide bonds. The molecule has 164 valence electrons. The van der Waals surface area contributed by atoms with E-state index in [1.807, 2.05) is 39.8 Å². The molecule has 0 atom stereocenters. The molecule has 0 bridgehead atoms. The van der Waals surface area contributed by atoms with Gasteiger partial charge in [-0.15, -0.1) is 10.2 Å². The minimum absolute atomic E-state index is 0.0494. The molecule has 1 aliphatic rings. The van der Waals surface area contributed by atoms with Crippen LogP contribution >= 0.6 is 0 Å². The average Bonchev–Trinajstić information content (AvgIpc) is 3.10. The van der Waals surface area contributed by atoms with Crippen LogP contribution in [0, 0.1) is 0 Å². The van der Waals surface area contributed by atoms with Gasteiger partial charge < -0.3 is 19.5 Å². The Bertz CT molecular complexity index is 1110. The Morgan fingerprint density at radius 3 is 2.66 bits per heavy atom. The molecule has 0 saturated carbocycles. The third-order valence-electron chi connectivity index (χ3n) is 5.28. The molecule has 0 radical (unpaired) electrons. The van der Waals surface area contributed by atoms with E-state index in [9.17, 15) is 9.59 Å². The van der Waals surface area contributed by atoms with Gasteiger partial charge in [0.15, 0.2) is 5.82 Å². The number of aromatic nitrogens is 3. The maximum absolute atomic E-state index is 13.1. The van der Waals surface area contributed by atoms with Gasteiger partial charge >= 0.3 is 0 Å². The van der Waals surface area contributed by atoms with E-state index < -0.39 is 0 Å². The normalized spacial score (nSPS) is 13.1. The Morgan fingerprint density at radius 1 is 1.03 bits per heavy atom. The van der Waals surface area contributed by atoms with Crippen LogP contribution in [0.1, 0.15) is 32.4 Å². The predicted octanol–water partition coefficient (Wildman–Crippen LogP) is 2.47. The molecule has 0 spiro atoms. The van der Waals surface area contributed by atoms with E-state index in [2.05, 4.69) is 22.1 Å². The number of hydrogen-bond donors (Lipinski definition) is 1. The van der Waals surface area contributed by atoms with Gasteiger partial charge in [-0.05, 0) is 30.3 Å². The maximum Gasteiger partial charge on any atom is 0.254 e. The quantitative estimate of drug-likeness (QED) is 0.581. The second kappa shape index (κ2) is 9.91. The summed E-state index contributed by atoms with van der Waals surface area (Å²) in [6, 6.07) is 16.2. The summed E-state index contributed by atoms with van der Waals surface area (Å²) in [5, 5.41) is 11.4. The third-order valence-corrected chi connectivity index (χ3v) is 5.28. The first kappa shape index (κ1) is 21.3. The molecule has 1 aromatic heterocycles. The average molecular weight is 431 g/mol. The van der Waals surface area contributed by atoms with Gasteiger partial charge in [0.25, 0.3) is 11.8 Å². The van der Waals surface area contributed by atoms with E-state index in [-0.39, 0.29) is 18.4 Å². The topological polar surface area (TPSA) is 89.3 Å². The largest absolute Gasteiger partial charge is 0.490 e. The Labute approximate surface area is 186 Å². The zero-order valence-electron chi connectivity index (χ0n) is 17.7. The number of amides is 2. The van der Waals surface area contributed by atoms with Gasteiger partial charge in [-0.3, -0.25) is 9.59 Å². The zero-order chi connectivity index (χ0) is 22.3. The van der Waals surface area contributed by atoms with E-state index in [1.165, 1.54) is 0 Å². The molecule has 0 fully saturated rings. The van der Waals surface area contributed by atoms with Crippen LogP contribution in [0.2, 0.25) is 0 Å². The van der Waals surface area contributed by atoms with E-state index in [1.54, 1.807) is 30.3 Å². The minimum atomic E-state index is -0.160. The van der Waals surface area contributed by atoms with Crippen molar-refractivity contribution in [1.82, 2.24) is 25.0 Å². The summed E-state index contributed by atoms with van der Waals surface area (Å²) >= 11 is 0.